The molecule has 3 heterocycles. The van der Waals surface area contributed by atoms with Gasteiger partial charge in [0.25, 0.3) is 6.47 Å². The molecule has 3 rings (SSSR count). The molecule has 1 atom stereocenters. The van der Waals surface area contributed by atoms with E-state index in [1.165, 1.54) is 0 Å². The number of piperidine rings is 1. The molecule has 112 valence electrons. The maximum absolute atomic E-state index is 11.5. The highest BCUT2D eigenvalue weighted by atomic mass is 16.3. The highest BCUT2D eigenvalue weighted by molar-refractivity contribution is 5.76. The molecule has 0 radical (unpaired) electrons. The Kier molecular flexibility index (Phi) is 4.76. The van der Waals surface area contributed by atoms with Crippen LogP contribution in [0, 0.1) is 0 Å². The fraction of sp³-hybridized carbons (Fsp3) is 0.357. The largest absolute Gasteiger partial charge is 0.483 e. The van der Waals surface area contributed by atoms with Gasteiger partial charge in [-0.15, -0.1) is 0 Å². The number of hydrogen-bond acceptors (Lipinski definition) is 4. The van der Waals surface area contributed by atoms with E-state index < -0.39 is 0 Å². The predicted octanol–water partition coefficient (Wildman–Crippen LogP) is 1.64. The lowest BCUT2D eigenvalue weighted by atomic mass is 10.1. The number of nitrogens with zero attached hydrogens (tertiary/aromatic N) is 3. The van der Waals surface area contributed by atoms with Gasteiger partial charge in [0, 0.05) is 32.4 Å². The zero-order valence-electron chi connectivity index (χ0n) is 11.7. The minimum Gasteiger partial charge on any atom is -0.483 e. The number of imidazole rings is 1. The van der Waals surface area contributed by atoms with Crippen LogP contribution in [0.2, 0.25) is 0 Å². The Balaban J connectivity index is 0.000000497. The van der Waals surface area contributed by atoms with Crippen LogP contribution in [0.15, 0.2) is 35.2 Å². The number of aromatic nitrogens is 2. The van der Waals surface area contributed by atoms with E-state index in [1.54, 1.807) is 17.4 Å². The SMILES string of the molecule is CN1CC(n2ccnc2-c2ccco2)CCC1=O.O=CO. The fourth-order valence-electron chi connectivity index (χ4n) is 2.42. The summed E-state index contributed by atoms with van der Waals surface area (Å²) in [7, 11) is 1.85. The maximum atomic E-state index is 11.5. The molecular weight excluding hydrogens is 274 g/mol. The second-order valence-corrected chi connectivity index (χ2v) is 4.71. The summed E-state index contributed by atoms with van der Waals surface area (Å²) in [5.74, 6) is 1.80. The maximum Gasteiger partial charge on any atom is 0.290 e. The Morgan fingerprint density at radius 1 is 1.52 bits per heavy atom. The van der Waals surface area contributed by atoms with Crippen molar-refractivity contribution in [2.45, 2.75) is 18.9 Å². The van der Waals surface area contributed by atoms with Gasteiger partial charge in [0.2, 0.25) is 5.91 Å². The fourth-order valence-corrected chi connectivity index (χ4v) is 2.42. The number of carboxylic acid groups (broad SMARTS) is 1. The summed E-state index contributed by atoms with van der Waals surface area (Å²) in [4.78, 5) is 26.0. The van der Waals surface area contributed by atoms with Crippen molar-refractivity contribution < 1.29 is 19.1 Å². The molecule has 0 aliphatic carbocycles. The zero-order chi connectivity index (χ0) is 15.2. The molecule has 0 aromatic carbocycles. The van der Waals surface area contributed by atoms with E-state index in [0.29, 0.717) is 6.42 Å². The van der Waals surface area contributed by atoms with Gasteiger partial charge in [-0.3, -0.25) is 9.59 Å². The van der Waals surface area contributed by atoms with Gasteiger partial charge in [-0.2, -0.15) is 0 Å². The average molecular weight is 291 g/mol. The molecular formula is C14H17N3O4. The van der Waals surface area contributed by atoms with Crippen molar-refractivity contribution in [2.75, 3.05) is 13.6 Å². The third-order valence-electron chi connectivity index (χ3n) is 3.41. The predicted molar refractivity (Wildman–Crippen MR) is 74.5 cm³/mol. The molecule has 0 saturated carbocycles. The van der Waals surface area contributed by atoms with Crippen molar-refractivity contribution >= 4 is 12.4 Å². The summed E-state index contributed by atoms with van der Waals surface area (Å²) in [5.41, 5.74) is 0. The Morgan fingerprint density at radius 3 is 2.90 bits per heavy atom. The summed E-state index contributed by atoms with van der Waals surface area (Å²) in [6, 6.07) is 4.02. The summed E-state index contributed by atoms with van der Waals surface area (Å²) in [6.45, 7) is 0.475. The van der Waals surface area contributed by atoms with E-state index in [-0.39, 0.29) is 18.4 Å². The zero-order valence-corrected chi connectivity index (χ0v) is 11.7. The van der Waals surface area contributed by atoms with Gasteiger partial charge in [0.05, 0.1) is 12.3 Å². The summed E-state index contributed by atoms with van der Waals surface area (Å²) in [6.07, 6.45) is 6.81. The normalized spacial score (nSPS) is 18.0. The lowest BCUT2D eigenvalue weighted by Crippen LogP contribution is -2.37. The van der Waals surface area contributed by atoms with Crippen LogP contribution in [0.5, 0.6) is 0 Å². The van der Waals surface area contributed by atoms with Crippen molar-refractivity contribution in [3.8, 4) is 11.6 Å². The van der Waals surface area contributed by atoms with Gasteiger partial charge >= 0.3 is 0 Å². The first-order valence-electron chi connectivity index (χ1n) is 6.56. The van der Waals surface area contributed by atoms with E-state index in [1.807, 2.05) is 25.4 Å². The van der Waals surface area contributed by atoms with Crippen molar-refractivity contribution in [2.24, 2.45) is 0 Å². The van der Waals surface area contributed by atoms with Gasteiger partial charge in [-0.25, -0.2) is 4.98 Å². The van der Waals surface area contributed by atoms with Gasteiger partial charge in [0.1, 0.15) is 0 Å². The first-order valence-corrected chi connectivity index (χ1v) is 6.56. The van der Waals surface area contributed by atoms with Gasteiger partial charge < -0.3 is 19.0 Å². The molecule has 0 bridgehead atoms. The molecule has 1 aliphatic heterocycles. The number of furan rings is 1. The summed E-state index contributed by atoms with van der Waals surface area (Å²) >= 11 is 0. The molecule has 1 unspecified atom stereocenters. The standard InChI is InChI=1S/C13H15N3O2.CH2O2/c1-15-9-10(4-5-12(15)17)16-7-6-14-13(16)11-3-2-8-18-11;2-1-3/h2-3,6-8,10H,4-5,9H2,1H3;1H,(H,2,3). The van der Waals surface area contributed by atoms with Crippen LogP contribution < -0.4 is 0 Å². The van der Waals surface area contributed by atoms with E-state index in [0.717, 1.165) is 24.6 Å². The van der Waals surface area contributed by atoms with Gasteiger partial charge in [-0.1, -0.05) is 0 Å². The van der Waals surface area contributed by atoms with Crippen molar-refractivity contribution in [1.82, 2.24) is 14.5 Å². The van der Waals surface area contributed by atoms with Crippen molar-refractivity contribution in [3.05, 3.63) is 30.8 Å². The number of likely N-dealkylation sites (N-methyl/N-ethyl adjacent to an activating group) is 1. The third-order valence-corrected chi connectivity index (χ3v) is 3.41. The van der Waals surface area contributed by atoms with Crippen LogP contribution in [-0.4, -0.2) is 45.5 Å². The number of carbonyl (C=O) groups is 2. The van der Waals surface area contributed by atoms with Crippen LogP contribution in [0.25, 0.3) is 11.6 Å². The Hall–Kier alpha value is -2.57. The Labute approximate surface area is 121 Å². The third kappa shape index (κ3) is 3.31. The van der Waals surface area contributed by atoms with Crippen LogP contribution in [0.3, 0.4) is 0 Å². The van der Waals surface area contributed by atoms with E-state index in [9.17, 15) is 4.79 Å². The summed E-state index contributed by atoms with van der Waals surface area (Å²) in [5, 5.41) is 6.89. The Morgan fingerprint density at radius 2 is 2.29 bits per heavy atom. The number of hydrogen-bond donors (Lipinski definition) is 1. The highest BCUT2D eigenvalue weighted by Gasteiger charge is 2.26. The first-order chi connectivity index (χ1) is 10.2. The summed E-state index contributed by atoms with van der Waals surface area (Å²) < 4.78 is 7.49. The lowest BCUT2D eigenvalue weighted by molar-refractivity contribution is -0.132. The second kappa shape index (κ2) is 6.74. The van der Waals surface area contributed by atoms with Gasteiger partial charge in [-0.05, 0) is 18.6 Å². The van der Waals surface area contributed by atoms with Crippen LogP contribution >= 0.6 is 0 Å². The van der Waals surface area contributed by atoms with Crippen molar-refractivity contribution in [3.63, 3.8) is 0 Å². The molecule has 7 heteroatoms. The van der Waals surface area contributed by atoms with E-state index in [2.05, 4.69) is 9.55 Å². The first kappa shape index (κ1) is 14.8. The molecule has 1 N–H and O–H groups in total. The number of carbonyl (C=O) groups excluding carboxylic acids is 1. The second-order valence-electron chi connectivity index (χ2n) is 4.71. The minimum absolute atomic E-state index is 0.214. The van der Waals surface area contributed by atoms with E-state index >= 15 is 0 Å². The molecule has 21 heavy (non-hydrogen) atoms. The molecule has 1 amide bonds. The monoisotopic (exact) mass is 291 g/mol. The van der Waals surface area contributed by atoms with Crippen LogP contribution in [-0.2, 0) is 9.59 Å². The van der Waals surface area contributed by atoms with Crippen molar-refractivity contribution in [1.29, 1.82) is 0 Å². The van der Waals surface area contributed by atoms with Gasteiger partial charge in [0.15, 0.2) is 11.6 Å². The van der Waals surface area contributed by atoms with E-state index in [4.69, 9.17) is 14.3 Å². The number of likely N-dealkylation sites (tertiary alicyclic amines) is 1. The lowest BCUT2D eigenvalue weighted by Gasteiger charge is -2.31. The highest BCUT2D eigenvalue weighted by Crippen LogP contribution is 2.27. The molecule has 0 spiro atoms. The molecule has 2 aromatic heterocycles. The number of rotatable bonds is 2. The molecule has 2 aromatic rings. The molecule has 7 nitrogen and oxygen atoms in total. The van der Waals surface area contributed by atoms with Crippen LogP contribution in [0.1, 0.15) is 18.9 Å². The molecule has 1 aliphatic rings. The molecule has 1 fully saturated rings. The smallest absolute Gasteiger partial charge is 0.290 e. The Bertz CT molecular complexity index is 591. The topological polar surface area (TPSA) is 88.6 Å². The van der Waals surface area contributed by atoms with Crippen LogP contribution in [0.4, 0.5) is 0 Å². The quantitative estimate of drug-likeness (QED) is 0.850. The number of amides is 1. The molecule has 1 saturated heterocycles. The minimum atomic E-state index is -0.250. The average Bonchev–Trinajstić information content (AvgIpc) is 3.12.